The average Bonchev–Trinajstić information content (AvgIpc) is 2.28. The topological polar surface area (TPSA) is 46.2 Å². The van der Waals surface area contributed by atoms with Crippen LogP contribution in [-0.2, 0) is 9.84 Å². The third-order valence-corrected chi connectivity index (χ3v) is 5.46. The van der Waals surface area contributed by atoms with Gasteiger partial charge in [0.05, 0.1) is 5.75 Å². The maximum absolute atomic E-state index is 11.5. The number of hydrogen-bond donors (Lipinski definition) is 1. The summed E-state index contributed by atoms with van der Waals surface area (Å²) in [5.41, 5.74) is 1.14. The van der Waals surface area contributed by atoms with Gasteiger partial charge in [-0.2, -0.15) is 0 Å². The fourth-order valence-electron chi connectivity index (χ4n) is 1.89. The van der Waals surface area contributed by atoms with Crippen molar-refractivity contribution in [2.75, 3.05) is 11.5 Å². The predicted octanol–water partition coefficient (Wildman–Crippen LogP) is 2.92. The van der Waals surface area contributed by atoms with Gasteiger partial charge >= 0.3 is 0 Å². The molecule has 0 amide bonds. The molecule has 1 aromatic rings. The summed E-state index contributed by atoms with van der Waals surface area (Å²) in [7, 11) is -2.93. The first-order chi connectivity index (χ1) is 8.35. The van der Waals surface area contributed by atoms with Gasteiger partial charge in [-0.25, -0.2) is 8.42 Å². The Balaban J connectivity index is 2.66. The lowest BCUT2D eigenvalue weighted by atomic mass is 10.1. The molecule has 0 aliphatic rings. The van der Waals surface area contributed by atoms with E-state index in [0.29, 0.717) is 0 Å². The number of halogens is 1. The molecule has 0 spiro atoms. The van der Waals surface area contributed by atoms with E-state index in [4.69, 9.17) is 0 Å². The third kappa shape index (κ3) is 4.71. The van der Waals surface area contributed by atoms with Crippen LogP contribution in [0.15, 0.2) is 28.7 Å². The third-order valence-electron chi connectivity index (χ3n) is 2.85. The average molecular weight is 334 g/mol. The molecule has 5 heteroatoms. The van der Waals surface area contributed by atoms with Crippen LogP contribution in [0.2, 0.25) is 0 Å². The van der Waals surface area contributed by atoms with E-state index in [1.165, 1.54) is 0 Å². The van der Waals surface area contributed by atoms with E-state index >= 15 is 0 Å². The summed E-state index contributed by atoms with van der Waals surface area (Å²) >= 11 is 3.50. The molecule has 0 heterocycles. The SMILES string of the molecule is CCS(=O)(=O)CC(C)N[C@@H](C)c1ccccc1Br. The van der Waals surface area contributed by atoms with Crippen LogP contribution in [0.5, 0.6) is 0 Å². The Kier molecular flexibility index (Phi) is 5.82. The molecular weight excluding hydrogens is 314 g/mol. The molecule has 2 atom stereocenters. The van der Waals surface area contributed by atoms with Gasteiger partial charge in [-0.15, -0.1) is 0 Å². The zero-order valence-electron chi connectivity index (χ0n) is 11.0. The van der Waals surface area contributed by atoms with Gasteiger partial charge in [0.25, 0.3) is 0 Å². The van der Waals surface area contributed by atoms with Gasteiger partial charge in [0.15, 0.2) is 9.84 Å². The van der Waals surface area contributed by atoms with E-state index in [-0.39, 0.29) is 23.6 Å². The van der Waals surface area contributed by atoms with E-state index < -0.39 is 9.84 Å². The summed E-state index contributed by atoms with van der Waals surface area (Å²) in [5, 5.41) is 3.32. The van der Waals surface area contributed by atoms with Crippen molar-refractivity contribution in [1.29, 1.82) is 0 Å². The largest absolute Gasteiger partial charge is 0.307 e. The van der Waals surface area contributed by atoms with E-state index in [1.807, 2.05) is 38.1 Å². The van der Waals surface area contributed by atoms with Crippen LogP contribution in [0.25, 0.3) is 0 Å². The molecule has 0 radical (unpaired) electrons. The number of sulfone groups is 1. The van der Waals surface area contributed by atoms with Crippen molar-refractivity contribution in [2.45, 2.75) is 32.9 Å². The van der Waals surface area contributed by atoms with E-state index in [2.05, 4.69) is 21.2 Å². The Bertz CT molecular complexity index is 488. The Morgan fingerprint density at radius 3 is 2.44 bits per heavy atom. The van der Waals surface area contributed by atoms with Gasteiger partial charge < -0.3 is 5.32 Å². The van der Waals surface area contributed by atoms with Crippen molar-refractivity contribution in [3.63, 3.8) is 0 Å². The second kappa shape index (κ2) is 6.68. The number of rotatable bonds is 6. The Morgan fingerprint density at radius 2 is 1.89 bits per heavy atom. The zero-order chi connectivity index (χ0) is 13.8. The minimum absolute atomic E-state index is 0.0583. The van der Waals surface area contributed by atoms with Gasteiger partial charge in [-0.1, -0.05) is 41.1 Å². The fraction of sp³-hybridized carbons (Fsp3) is 0.538. The monoisotopic (exact) mass is 333 g/mol. The molecule has 0 aliphatic carbocycles. The molecule has 1 N–H and O–H groups in total. The summed E-state index contributed by atoms with van der Waals surface area (Å²) in [6, 6.07) is 8.01. The van der Waals surface area contributed by atoms with Crippen LogP contribution in [0.1, 0.15) is 32.4 Å². The summed E-state index contributed by atoms with van der Waals surface area (Å²) in [5.74, 6) is 0.376. The second-order valence-corrected chi connectivity index (χ2v) is 7.76. The van der Waals surface area contributed by atoms with Crippen molar-refractivity contribution >= 4 is 25.8 Å². The van der Waals surface area contributed by atoms with Crippen molar-refractivity contribution in [1.82, 2.24) is 5.32 Å². The highest BCUT2D eigenvalue weighted by Crippen LogP contribution is 2.23. The maximum atomic E-state index is 11.5. The standard InChI is InChI=1S/C13H20BrNO2S/c1-4-18(16,17)9-10(2)15-11(3)12-7-5-6-8-13(12)14/h5-8,10-11,15H,4,9H2,1-3H3/t10?,11-/m0/s1. The van der Waals surface area contributed by atoms with E-state index in [1.54, 1.807) is 6.92 Å². The lowest BCUT2D eigenvalue weighted by Gasteiger charge is -2.21. The minimum atomic E-state index is -2.93. The predicted molar refractivity (Wildman–Crippen MR) is 79.5 cm³/mol. The number of hydrogen-bond acceptors (Lipinski definition) is 3. The molecule has 18 heavy (non-hydrogen) atoms. The van der Waals surface area contributed by atoms with E-state index in [0.717, 1.165) is 10.0 Å². The van der Waals surface area contributed by atoms with Crippen LogP contribution >= 0.6 is 15.9 Å². The molecule has 0 aromatic heterocycles. The molecule has 1 rings (SSSR count). The van der Waals surface area contributed by atoms with Crippen molar-refractivity contribution < 1.29 is 8.42 Å². The van der Waals surface area contributed by atoms with E-state index in [9.17, 15) is 8.42 Å². The van der Waals surface area contributed by atoms with Crippen molar-refractivity contribution in [2.24, 2.45) is 0 Å². The summed E-state index contributed by atoms with van der Waals surface area (Å²) < 4.78 is 24.1. The lowest BCUT2D eigenvalue weighted by molar-refractivity contribution is 0.498. The first-order valence-corrected chi connectivity index (χ1v) is 8.68. The van der Waals surface area contributed by atoms with Crippen LogP contribution in [-0.4, -0.2) is 26.0 Å². The van der Waals surface area contributed by atoms with Gasteiger partial charge in [0.2, 0.25) is 0 Å². The van der Waals surface area contributed by atoms with Gasteiger partial charge in [-0.05, 0) is 25.5 Å². The molecular formula is C13H20BrNO2S. The quantitative estimate of drug-likeness (QED) is 0.870. The van der Waals surface area contributed by atoms with Crippen molar-refractivity contribution in [3.8, 4) is 0 Å². The molecule has 1 aromatic carbocycles. The van der Waals surface area contributed by atoms with Gasteiger partial charge in [-0.3, -0.25) is 0 Å². The second-order valence-electron chi connectivity index (χ2n) is 4.51. The van der Waals surface area contributed by atoms with Crippen molar-refractivity contribution in [3.05, 3.63) is 34.3 Å². The molecule has 0 saturated carbocycles. The normalized spacial score (nSPS) is 15.3. The Morgan fingerprint density at radius 1 is 1.28 bits per heavy atom. The van der Waals surface area contributed by atoms with Gasteiger partial charge in [0.1, 0.15) is 0 Å². The summed E-state index contributed by atoms with van der Waals surface area (Å²) in [6.07, 6.45) is 0. The zero-order valence-corrected chi connectivity index (χ0v) is 13.4. The number of nitrogens with one attached hydrogen (secondary N) is 1. The fourth-order valence-corrected chi connectivity index (χ4v) is 3.61. The van der Waals surface area contributed by atoms with Crippen LogP contribution in [0, 0.1) is 0 Å². The first kappa shape index (κ1) is 15.7. The highest BCUT2D eigenvalue weighted by atomic mass is 79.9. The summed E-state index contributed by atoms with van der Waals surface area (Å²) in [6.45, 7) is 5.62. The van der Waals surface area contributed by atoms with Gasteiger partial charge in [0, 0.05) is 22.3 Å². The minimum Gasteiger partial charge on any atom is -0.307 e. The highest BCUT2D eigenvalue weighted by Gasteiger charge is 2.17. The molecule has 0 bridgehead atoms. The molecule has 0 saturated heterocycles. The Hall–Kier alpha value is -0.390. The molecule has 0 aliphatic heterocycles. The van der Waals surface area contributed by atoms with Crippen LogP contribution in [0.4, 0.5) is 0 Å². The maximum Gasteiger partial charge on any atom is 0.151 e. The first-order valence-electron chi connectivity index (χ1n) is 6.06. The molecule has 1 unspecified atom stereocenters. The smallest absolute Gasteiger partial charge is 0.151 e. The molecule has 0 fully saturated rings. The molecule has 3 nitrogen and oxygen atoms in total. The number of benzene rings is 1. The Labute approximate surface area is 118 Å². The van der Waals surface area contributed by atoms with Crippen LogP contribution in [0.3, 0.4) is 0 Å². The molecule has 102 valence electrons. The summed E-state index contributed by atoms with van der Waals surface area (Å²) in [4.78, 5) is 0. The lowest BCUT2D eigenvalue weighted by Crippen LogP contribution is -2.35. The van der Waals surface area contributed by atoms with Crippen LogP contribution < -0.4 is 5.32 Å². The highest BCUT2D eigenvalue weighted by molar-refractivity contribution is 9.10.